The normalized spacial score (nSPS) is 11.7. The van der Waals surface area contributed by atoms with Crippen molar-refractivity contribution in [2.24, 2.45) is 0 Å². The van der Waals surface area contributed by atoms with E-state index in [1.54, 1.807) is 0 Å². The van der Waals surface area contributed by atoms with Crippen LogP contribution in [0.5, 0.6) is 0 Å². The number of hydrogen-bond donors (Lipinski definition) is 0. The Morgan fingerprint density at radius 3 is 1.74 bits per heavy atom. The van der Waals surface area contributed by atoms with Crippen LogP contribution in [0.4, 0.5) is 0 Å². The zero-order chi connectivity index (χ0) is 14.2. The first kappa shape index (κ1) is 13.9. The smallest absolute Gasteiger partial charge is 0.0123 e. The van der Waals surface area contributed by atoms with Gasteiger partial charge in [0.15, 0.2) is 0 Å². The lowest BCUT2D eigenvalue weighted by Crippen LogP contribution is -2.12. The van der Waals surface area contributed by atoms with Gasteiger partial charge in [0.25, 0.3) is 0 Å². The minimum atomic E-state index is 0.208. The summed E-state index contributed by atoms with van der Waals surface area (Å²) < 4.78 is 0. The molecule has 0 nitrogen and oxygen atoms in total. The van der Waals surface area contributed by atoms with Crippen LogP contribution in [-0.4, -0.2) is 0 Å². The van der Waals surface area contributed by atoms with Gasteiger partial charge in [0.2, 0.25) is 0 Å². The molecule has 0 saturated carbocycles. The summed E-state index contributed by atoms with van der Waals surface area (Å²) in [6.45, 7) is 13.5. The second kappa shape index (κ2) is 4.85. The minimum absolute atomic E-state index is 0.208. The van der Waals surface area contributed by atoms with Crippen LogP contribution in [0.15, 0.2) is 36.4 Å². The van der Waals surface area contributed by atoms with Gasteiger partial charge in [0, 0.05) is 0 Å². The Morgan fingerprint density at radius 1 is 0.737 bits per heavy atom. The molecule has 0 heteroatoms. The highest BCUT2D eigenvalue weighted by Crippen LogP contribution is 2.33. The fourth-order valence-electron chi connectivity index (χ4n) is 2.67. The first-order valence-corrected chi connectivity index (χ1v) is 6.98. The molecule has 2 aromatic rings. The third-order valence-electron chi connectivity index (χ3n) is 3.81. The zero-order valence-corrected chi connectivity index (χ0v) is 13.0. The Bertz CT molecular complexity index is 575. The summed E-state index contributed by atoms with van der Waals surface area (Å²) in [7, 11) is 0. The van der Waals surface area contributed by atoms with Crippen LogP contribution in [0, 0.1) is 20.8 Å². The van der Waals surface area contributed by atoms with Crippen molar-refractivity contribution in [3.8, 4) is 11.1 Å². The number of hydrogen-bond acceptors (Lipinski definition) is 0. The van der Waals surface area contributed by atoms with Gasteiger partial charge in [0.1, 0.15) is 0 Å². The van der Waals surface area contributed by atoms with Gasteiger partial charge in [-0.25, -0.2) is 0 Å². The summed E-state index contributed by atoms with van der Waals surface area (Å²) in [6.07, 6.45) is 0. The highest BCUT2D eigenvalue weighted by atomic mass is 14.2. The van der Waals surface area contributed by atoms with Gasteiger partial charge in [-0.15, -0.1) is 0 Å². The number of aryl methyl sites for hydroxylation is 3. The molecule has 0 heterocycles. The molecule has 2 aromatic carbocycles. The SMILES string of the molecule is Cc1ccccc1-c1c(C)cc(C(C)(C)C)cc1C. The molecule has 19 heavy (non-hydrogen) atoms. The molecule has 2 rings (SSSR count). The minimum Gasteiger partial charge on any atom is -0.0620 e. The van der Waals surface area contributed by atoms with E-state index in [2.05, 4.69) is 77.9 Å². The second-order valence-corrected chi connectivity index (χ2v) is 6.55. The van der Waals surface area contributed by atoms with Gasteiger partial charge in [-0.05, 0) is 59.6 Å². The molecule has 100 valence electrons. The van der Waals surface area contributed by atoms with Crippen LogP contribution in [0.3, 0.4) is 0 Å². The molecule has 0 amide bonds. The van der Waals surface area contributed by atoms with Crippen LogP contribution < -0.4 is 0 Å². The molecule has 0 bridgehead atoms. The van der Waals surface area contributed by atoms with Crippen molar-refractivity contribution in [1.82, 2.24) is 0 Å². The van der Waals surface area contributed by atoms with Crippen molar-refractivity contribution >= 4 is 0 Å². The van der Waals surface area contributed by atoms with Gasteiger partial charge in [0.05, 0.1) is 0 Å². The van der Waals surface area contributed by atoms with E-state index >= 15 is 0 Å². The van der Waals surface area contributed by atoms with Crippen LogP contribution >= 0.6 is 0 Å². The average molecular weight is 252 g/mol. The van der Waals surface area contributed by atoms with Gasteiger partial charge in [-0.1, -0.05) is 57.2 Å². The molecular formula is C19H24. The Hall–Kier alpha value is -1.56. The number of benzene rings is 2. The van der Waals surface area contributed by atoms with Crippen LogP contribution in [0.25, 0.3) is 11.1 Å². The molecule has 0 unspecified atom stereocenters. The maximum Gasteiger partial charge on any atom is -0.0123 e. The van der Waals surface area contributed by atoms with Crippen molar-refractivity contribution in [1.29, 1.82) is 0 Å². The average Bonchev–Trinajstić information content (AvgIpc) is 2.29. The van der Waals surface area contributed by atoms with Crippen LogP contribution in [-0.2, 0) is 5.41 Å². The van der Waals surface area contributed by atoms with E-state index in [4.69, 9.17) is 0 Å². The fourth-order valence-corrected chi connectivity index (χ4v) is 2.67. The van der Waals surface area contributed by atoms with E-state index in [1.165, 1.54) is 33.4 Å². The lowest BCUT2D eigenvalue weighted by atomic mass is 9.82. The molecular weight excluding hydrogens is 228 g/mol. The summed E-state index contributed by atoms with van der Waals surface area (Å²) in [4.78, 5) is 0. The van der Waals surface area contributed by atoms with E-state index in [0.717, 1.165) is 0 Å². The van der Waals surface area contributed by atoms with Crippen LogP contribution in [0.1, 0.15) is 43.0 Å². The highest BCUT2D eigenvalue weighted by molar-refractivity contribution is 5.74. The first-order valence-electron chi connectivity index (χ1n) is 6.98. The molecule has 0 N–H and O–H groups in total. The van der Waals surface area contributed by atoms with Gasteiger partial charge in [-0.3, -0.25) is 0 Å². The lowest BCUT2D eigenvalue weighted by Gasteiger charge is -2.23. The largest absolute Gasteiger partial charge is 0.0620 e. The molecule has 0 radical (unpaired) electrons. The Kier molecular flexibility index (Phi) is 3.54. The van der Waals surface area contributed by atoms with Crippen molar-refractivity contribution in [2.45, 2.75) is 47.0 Å². The highest BCUT2D eigenvalue weighted by Gasteiger charge is 2.17. The Morgan fingerprint density at radius 2 is 1.26 bits per heavy atom. The molecule has 0 saturated heterocycles. The second-order valence-electron chi connectivity index (χ2n) is 6.55. The van der Waals surface area contributed by atoms with Crippen LogP contribution in [0.2, 0.25) is 0 Å². The van der Waals surface area contributed by atoms with E-state index in [0.29, 0.717) is 0 Å². The predicted octanol–water partition coefficient (Wildman–Crippen LogP) is 5.58. The van der Waals surface area contributed by atoms with Gasteiger partial charge < -0.3 is 0 Å². The van der Waals surface area contributed by atoms with E-state index < -0.39 is 0 Å². The molecule has 0 aliphatic carbocycles. The summed E-state index contributed by atoms with van der Waals surface area (Å²) in [6, 6.07) is 13.3. The monoisotopic (exact) mass is 252 g/mol. The molecule has 0 spiro atoms. The molecule has 0 aromatic heterocycles. The molecule has 0 aliphatic rings. The number of rotatable bonds is 1. The summed E-state index contributed by atoms with van der Waals surface area (Å²) in [5.41, 5.74) is 8.47. The standard InChI is InChI=1S/C19H24/c1-13-9-7-8-10-17(13)18-14(2)11-16(12-15(18)3)19(4,5)6/h7-12H,1-6H3. The van der Waals surface area contributed by atoms with Crippen molar-refractivity contribution in [2.75, 3.05) is 0 Å². The summed E-state index contributed by atoms with van der Waals surface area (Å²) in [5, 5.41) is 0. The maximum absolute atomic E-state index is 2.34. The maximum atomic E-state index is 2.34. The van der Waals surface area contributed by atoms with E-state index in [-0.39, 0.29) is 5.41 Å². The molecule has 0 fully saturated rings. The predicted molar refractivity (Wildman–Crippen MR) is 84.8 cm³/mol. The molecule has 0 aliphatic heterocycles. The summed E-state index contributed by atoms with van der Waals surface area (Å²) >= 11 is 0. The van der Waals surface area contributed by atoms with Gasteiger partial charge >= 0.3 is 0 Å². The zero-order valence-electron chi connectivity index (χ0n) is 13.0. The Labute approximate surface area is 117 Å². The van der Waals surface area contributed by atoms with Crippen molar-refractivity contribution < 1.29 is 0 Å². The third kappa shape index (κ3) is 2.73. The van der Waals surface area contributed by atoms with E-state index in [1.807, 2.05) is 0 Å². The topological polar surface area (TPSA) is 0 Å². The third-order valence-corrected chi connectivity index (χ3v) is 3.81. The lowest BCUT2D eigenvalue weighted by molar-refractivity contribution is 0.589. The fraction of sp³-hybridized carbons (Fsp3) is 0.368. The van der Waals surface area contributed by atoms with Crippen molar-refractivity contribution in [3.63, 3.8) is 0 Å². The van der Waals surface area contributed by atoms with Crippen molar-refractivity contribution in [3.05, 3.63) is 58.7 Å². The summed E-state index contributed by atoms with van der Waals surface area (Å²) in [5.74, 6) is 0. The molecule has 0 atom stereocenters. The Balaban J connectivity index is 2.65. The quantitative estimate of drug-likeness (QED) is 0.622. The van der Waals surface area contributed by atoms with E-state index in [9.17, 15) is 0 Å². The van der Waals surface area contributed by atoms with Gasteiger partial charge in [-0.2, -0.15) is 0 Å². The first-order chi connectivity index (χ1) is 8.80.